The highest BCUT2D eigenvalue weighted by Gasteiger charge is 2.34. The first kappa shape index (κ1) is 22.7. The van der Waals surface area contributed by atoms with Crippen molar-refractivity contribution in [1.82, 2.24) is 0 Å². The summed E-state index contributed by atoms with van der Waals surface area (Å²) in [6.45, 7) is 4.85. The lowest BCUT2D eigenvalue weighted by atomic mass is 10.0. The second-order valence-corrected chi connectivity index (χ2v) is 8.36. The summed E-state index contributed by atoms with van der Waals surface area (Å²) in [5.74, 6) is -0.565. The summed E-state index contributed by atoms with van der Waals surface area (Å²) in [5, 5.41) is 10.6. The molecule has 0 bridgehead atoms. The summed E-state index contributed by atoms with van der Waals surface area (Å²) >= 11 is 0. The van der Waals surface area contributed by atoms with E-state index in [0.29, 0.717) is 26.1 Å². The largest absolute Gasteiger partial charge is 0.393 e. The first-order valence-electron chi connectivity index (χ1n) is 10.9. The Bertz CT molecular complexity index is 757. The van der Waals surface area contributed by atoms with Crippen LogP contribution in [0.2, 0.25) is 0 Å². The Morgan fingerprint density at radius 2 is 1.73 bits per heavy atom. The summed E-state index contributed by atoms with van der Waals surface area (Å²) in [6.07, 6.45) is 6.54. The average molecular weight is 411 g/mol. The Morgan fingerprint density at radius 3 is 2.37 bits per heavy atom. The molecule has 30 heavy (non-hydrogen) atoms. The molecule has 0 aromatic heterocycles. The Kier molecular flexibility index (Phi) is 8.64. The lowest BCUT2D eigenvalue weighted by molar-refractivity contribution is -0.141. The van der Waals surface area contributed by atoms with Crippen molar-refractivity contribution in [3.8, 4) is 0 Å². The maximum absolute atomic E-state index is 10.6. The molecule has 1 aliphatic rings. The summed E-state index contributed by atoms with van der Waals surface area (Å²) < 4.78 is 17.6. The molecule has 1 saturated heterocycles. The van der Waals surface area contributed by atoms with Crippen LogP contribution in [-0.2, 0) is 27.2 Å². The second kappa shape index (κ2) is 11.4. The van der Waals surface area contributed by atoms with Crippen LogP contribution in [0.1, 0.15) is 44.2 Å². The van der Waals surface area contributed by atoms with Crippen LogP contribution in [0.15, 0.2) is 72.8 Å². The molecule has 0 radical (unpaired) electrons. The number of rotatable bonds is 11. The molecule has 3 rings (SSSR count). The number of aryl methyl sites for hydroxylation is 1. The van der Waals surface area contributed by atoms with Gasteiger partial charge in [-0.25, -0.2) is 0 Å². The highest BCUT2D eigenvalue weighted by Crippen LogP contribution is 2.26. The minimum Gasteiger partial charge on any atom is -0.393 e. The van der Waals surface area contributed by atoms with Gasteiger partial charge in [-0.2, -0.15) is 0 Å². The van der Waals surface area contributed by atoms with Crippen LogP contribution in [0.3, 0.4) is 0 Å². The maximum atomic E-state index is 10.6. The molecule has 0 spiro atoms. The number of hydrogen-bond donors (Lipinski definition) is 1. The third-order valence-electron chi connectivity index (χ3n) is 5.21. The molecule has 0 amide bonds. The number of ether oxygens (including phenoxy) is 3. The summed E-state index contributed by atoms with van der Waals surface area (Å²) in [6, 6.07) is 20.6. The van der Waals surface area contributed by atoms with Gasteiger partial charge in [0.1, 0.15) is 0 Å². The average Bonchev–Trinajstić information content (AvgIpc) is 3.08. The molecule has 1 N–H and O–H groups in total. The van der Waals surface area contributed by atoms with Gasteiger partial charge in [-0.15, -0.1) is 0 Å². The van der Waals surface area contributed by atoms with Crippen molar-refractivity contribution in [3.63, 3.8) is 0 Å². The van der Waals surface area contributed by atoms with E-state index in [2.05, 4.69) is 48.6 Å². The standard InChI is InChI=1S/C26H34O4/c1-26(2)29-20-25(30-26)18-23(27)17-24(28-19-22-14-7-4-8-15-22)16-10-9-13-21-11-5-3-6-12-21/h3-8,10-12,14-16,23-25,27H,9,13,17-20H2,1-2H3/b16-10-/t23-,24+,25+/m1/s1. The number of aliphatic hydroxyl groups excluding tert-OH is 1. The third-order valence-corrected chi connectivity index (χ3v) is 5.21. The molecule has 2 aromatic carbocycles. The molecular formula is C26H34O4. The number of benzene rings is 2. The molecule has 162 valence electrons. The third kappa shape index (κ3) is 8.04. The van der Waals surface area contributed by atoms with E-state index in [1.807, 2.05) is 38.1 Å². The van der Waals surface area contributed by atoms with Crippen molar-refractivity contribution in [3.05, 3.63) is 83.9 Å². The monoisotopic (exact) mass is 410 g/mol. The SMILES string of the molecule is CC1(C)OC[C@H](C[C@H](O)C[C@H](/C=C\CCc2ccccc2)OCc2ccccc2)O1. The van der Waals surface area contributed by atoms with Gasteiger partial charge in [-0.3, -0.25) is 0 Å². The highest BCUT2D eigenvalue weighted by molar-refractivity contribution is 5.15. The Morgan fingerprint density at radius 1 is 1.07 bits per heavy atom. The molecule has 1 aliphatic heterocycles. The lowest BCUT2D eigenvalue weighted by Gasteiger charge is -2.21. The molecule has 4 heteroatoms. The van der Waals surface area contributed by atoms with Crippen molar-refractivity contribution < 1.29 is 19.3 Å². The van der Waals surface area contributed by atoms with Gasteiger partial charge < -0.3 is 19.3 Å². The number of aliphatic hydroxyl groups is 1. The normalized spacial score (nSPS) is 20.4. The molecule has 2 aromatic rings. The molecule has 0 aliphatic carbocycles. The van der Waals surface area contributed by atoms with Crippen LogP contribution in [0.5, 0.6) is 0 Å². The van der Waals surface area contributed by atoms with Crippen LogP contribution in [0, 0.1) is 0 Å². The van der Waals surface area contributed by atoms with Crippen LogP contribution < -0.4 is 0 Å². The van der Waals surface area contributed by atoms with Crippen molar-refractivity contribution in [1.29, 1.82) is 0 Å². The Hall–Kier alpha value is -1.98. The van der Waals surface area contributed by atoms with Gasteiger partial charge in [-0.05, 0) is 37.8 Å². The van der Waals surface area contributed by atoms with Gasteiger partial charge in [0.2, 0.25) is 0 Å². The van der Waals surface area contributed by atoms with Crippen LogP contribution >= 0.6 is 0 Å². The van der Waals surface area contributed by atoms with Crippen molar-refractivity contribution in [2.45, 2.75) is 70.2 Å². The predicted octanol–water partition coefficient (Wildman–Crippen LogP) is 5.05. The zero-order valence-electron chi connectivity index (χ0n) is 18.1. The van der Waals surface area contributed by atoms with Gasteiger partial charge >= 0.3 is 0 Å². The van der Waals surface area contributed by atoms with Crippen LogP contribution in [0.25, 0.3) is 0 Å². The van der Waals surface area contributed by atoms with Crippen molar-refractivity contribution in [2.75, 3.05) is 6.61 Å². The molecule has 1 fully saturated rings. The first-order valence-corrected chi connectivity index (χ1v) is 10.9. The Labute approximate surface area is 180 Å². The minimum atomic E-state index is -0.565. The van der Waals surface area contributed by atoms with E-state index in [0.717, 1.165) is 18.4 Å². The van der Waals surface area contributed by atoms with E-state index < -0.39 is 11.9 Å². The predicted molar refractivity (Wildman–Crippen MR) is 119 cm³/mol. The number of hydrogen-bond acceptors (Lipinski definition) is 4. The topological polar surface area (TPSA) is 47.9 Å². The fourth-order valence-corrected chi connectivity index (χ4v) is 3.67. The van der Waals surface area contributed by atoms with Crippen LogP contribution in [-0.4, -0.2) is 35.8 Å². The van der Waals surface area contributed by atoms with E-state index in [-0.39, 0.29) is 12.2 Å². The summed E-state index contributed by atoms with van der Waals surface area (Å²) in [5.41, 5.74) is 2.45. The zero-order valence-corrected chi connectivity index (χ0v) is 18.1. The molecular weight excluding hydrogens is 376 g/mol. The van der Waals surface area contributed by atoms with Crippen LogP contribution in [0.4, 0.5) is 0 Å². The smallest absolute Gasteiger partial charge is 0.163 e. The van der Waals surface area contributed by atoms with E-state index in [9.17, 15) is 5.11 Å². The lowest BCUT2D eigenvalue weighted by Crippen LogP contribution is -2.26. The Balaban J connectivity index is 1.51. The quantitative estimate of drug-likeness (QED) is 0.527. The highest BCUT2D eigenvalue weighted by atomic mass is 16.7. The summed E-state index contributed by atoms with van der Waals surface area (Å²) in [7, 11) is 0. The number of allylic oxidation sites excluding steroid dienone is 1. The van der Waals surface area contributed by atoms with Gasteiger partial charge in [0.05, 0.1) is 31.5 Å². The molecule has 0 unspecified atom stereocenters. The second-order valence-electron chi connectivity index (χ2n) is 8.36. The molecule has 4 nitrogen and oxygen atoms in total. The molecule has 1 heterocycles. The first-order chi connectivity index (χ1) is 14.5. The van der Waals surface area contributed by atoms with Gasteiger partial charge in [0.15, 0.2) is 5.79 Å². The van der Waals surface area contributed by atoms with Crippen molar-refractivity contribution in [2.24, 2.45) is 0 Å². The van der Waals surface area contributed by atoms with E-state index in [1.165, 1.54) is 5.56 Å². The van der Waals surface area contributed by atoms with E-state index in [1.54, 1.807) is 0 Å². The molecule has 3 atom stereocenters. The fourth-order valence-electron chi connectivity index (χ4n) is 3.67. The van der Waals surface area contributed by atoms with Gasteiger partial charge in [0, 0.05) is 12.8 Å². The zero-order chi connectivity index (χ0) is 21.2. The minimum absolute atomic E-state index is 0.0770. The van der Waals surface area contributed by atoms with Gasteiger partial charge in [-0.1, -0.05) is 72.8 Å². The van der Waals surface area contributed by atoms with E-state index in [4.69, 9.17) is 14.2 Å². The fraction of sp³-hybridized carbons (Fsp3) is 0.462. The van der Waals surface area contributed by atoms with Crippen molar-refractivity contribution >= 4 is 0 Å². The van der Waals surface area contributed by atoms with E-state index >= 15 is 0 Å². The molecule has 0 saturated carbocycles. The summed E-state index contributed by atoms with van der Waals surface area (Å²) in [4.78, 5) is 0. The maximum Gasteiger partial charge on any atom is 0.163 e. The van der Waals surface area contributed by atoms with Gasteiger partial charge in [0.25, 0.3) is 0 Å².